The molecule has 1 aromatic rings. The highest BCUT2D eigenvalue weighted by atomic mass is 35.5. The van der Waals surface area contributed by atoms with Gasteiger partial charge in [0.05, 0.1) is 16.4 Å². The van der Waals surface area contributed by atoms with Gasteiger partial charge < -0.3 is 11.1 Å². The van der Waals surface area contributed by atoms with Crippen LogP contribution in [0.25, 0.3) is 0 Å². The van der Waals surface area contributed by atoms with E-state index in [0.29, 0.717) is 11.4 Å². The van der Waals surface area contributed by atoms with Crippen LogP contribution >= 0.6 is 11.6 Å². The highest BCUT2D eigenvalue weighted by molar-refractivity contribution is 6.31. The van der Waals surface area contributed by atoms with E-state index in [0.717, 1.165) is 13.0 Å². The minimum absolute atomic E-state index is 0.0902. The number of halogens is 2. The van der Waals surface area contributed by atoms with Gasteiger partial charge >= 0.3 is 0 Å². The number of nitrogens with two attached hydrogens (primary N) is 1. The second-order valence-electron chi connectivity index (χ2n) is 5.09. The van der Waals surface area contributed by atoms with E-state index in [1.54, 1.807) is 0 Å². The zero-order valence-corrected chi connectivity index (χ0v) is 10.7. The Labute approximate surface area is 101 Å². The number of hydrogen-bond donors (Lipinski definition) is 2. The second-order valence-corrected chi connectivity index (χ2v) is 5.50. The minimum Gasteiger partial charge on any atom is -0.397 e. The normalized spacial score (nSPS) is 11.6. The molecule has 0 atom stereocenters. The van der Waals surface area contributed by atoms with Crippen LogP contribution in [0, 0.1) is 11.2 Å². The van der Waals surface area contributed by atoms with Crippen molar-refractivity contribution in [1.29, 1.82) is 0 Å². The molecule has 3 N–H and O–H groups in total. The quantitative estimate of drug-likeness (QED) is 0.792. The van der Waals surface area contributed by atoms with Crippen LogP contribution in [0.4, 0.5) is 15.8 Å². The van der Waals surface area contributed by atoms with Gasteiger partial charge in [0.1, 0.15) is 5.82 Å². The molecule has 0 unspecified atom stereocenters. The molecule has 16 heavy (non-hydrogen) atoms. The summed E-state index contributed by atoms with van der Waals surface area (Å²) in [6.07, 6.45) is 1.00. The lowest BCUT2D eigenvalue weighted by atomic mass is 9.92. The van der Waals surface area contributed by atoms with E-state index in [-0.39, 0.29) is 10.4 Å². The summed E-state index contributed by atoms with van der Waals surface area (Å²) in [5, 5.41) is 3.25. The van der Waals surface area contributed by atoms with E-state index < -0.39 is 5.82 Å². The summed E-state index contributed by atoms with van der Waals surface area (Å²) in [5.74, 6) is -0.486. The molecule has 1 rings (SSSR count). The lowest BCUT2D eigenvalue weighted by Crippen LogP contribution is -2.13. The van der Waals surface area contributed by atoms with Gasteiger partial charge in [-0.05, 0) is 17.9 Å². The van der Waals surface area contributed by atoms with Crippen molar-refractivity contribution < 1.29 is 4.39 Å². The van der Waals surface area contributed by atoms with Gasteiger partial charge in [-0.3, -0.25) is 0 Å². The first-order valence-corrected chi connectivity index (χ1v) is 5.66. The topological polar surface area (TPSA) is 38.0 Å². The summed E-state index contributed by atoms with van der Waals surface area (Å²) >= 11 is 5.68. The molecule has 0 aliphatic heterocycles. The molecule has 0 amide bonds. The molecule has 2 nitrogen and oxygen atoms in total. The fourth-order valence-electron chi connectivity index (χ4n) is 1.29. The van der Waals surface area contributed by atoms with Crippen LogP contribution in [0.1, 0.15) is 27.2 Å². The first-order valence-electron chi connectivity index (χ1n) is 5.28. The Bertz CT molecular complexity index is 372. The third kappa shape index (κ3) is 3.89. The van der Waals surface area contributed by atoms with Crippen molar-refractivity contribution >= 4 is 23.0 Å². The maximum absolute atomic E-state index is 13.0. The molecule has 90 valence electrons. The zero-order valence-electron chi connectivity index (χ0n) is 9.90. The van der Waals surface area contributed by atoms with Gasteiger partial charge in [-0.15, -0.1) is 0 Å². The van der Waals surface area contributed by atoms with E-state index >= 15 is 0 Å². The summed E-state index contributed by atoms with van der Waals surface area (Å²) in [7, 11) is 0. The summed E-state index contributed by atoms with van der Waals surface area (Å²) in [6.45, 7) is 7.27. The molecule has 0 fully saturated rings. The summed E-state index contributed by atoms with van der Waals surface area (Å²) in [6, 6.07) is 2.76. The Morgan fingerprint density at radius 2 is 2.00 bits per heavy atom. The van der Waals surface area contributed by atoms with Crippen LogP contribution in [0.2, 0.25) is 5.02 Å². The Kier molecular flexibility index (Phi) is 4.03. The van der Waals surface area contributed by atoms with E-state index in [4.69, 9.17) is 17.3 Å². The summed E-state index contributed by atoms with van der Waals surface area (Å²) < 4.78 is 13.0. The summed E-state index contributed by atoms with van der Waals surface area (Å²) in [4.78, 5) is 0. The van der Waals surface area contributed by atoms with Crippen LogP contribution in [0.5, 0.6) is 0 Å². The number of benzene rings is 1. The average molecular weight is 245 g/mol. The molecule has 0 bridgehead atoms. The first-order chi connectivity index (χ1) is 7.29. The third-order valence-corrected chi connectivity index (χ3v) is 2.57. The molecule has 0 aliphatic rings. The van der Waals surface area contributed by atoms with Crippen LogP contribution in [-0.2, 0) is 0 Å². The summed E-state index contributed by atoms with van der Waals surface area (Å²) in [5.41, 5.74) is 7.01. The molecule has 0 radical (unpaired) electrons. The van der Waals surface area contributed by atoms with Crippen molar-refractivity contribution in [3.63, 3.8) is 0 Å². The minimum atomic E-state index is -0.486. The SMILES string of the molecule is CC(C)(C)CCNc1cc(Cl)c(F)cc1N. The molecule has 0 spiro atoms. The van der Waals surface area contributed by atoms with Crippen LogP contribution < -0.4 is 11.1 Å². The molecule has 1 aromatic carbocycles. The Balaban J connectivity index is 2.64. The molecular formula is C12H18ClFN2. The maximum atomic E-state index is 13.0. The smallest absolute Gasteiger partial charge is 0.143 e. The van der Waals surface area contributed by atoms with Crippen LogP contribution in [0.15, 0.2) is 12.1 Å². The molecule has 0 aromatic heterocycles. The Morgan fingerprint density at radius 1 is 1.38 bits per heavy atom. The van der Waals surface area contributed by atoms with Crippen molar-refractivity contribution in [2.24, 2.45) is 5.41 Å². The van der Waals surface area contributed by atoms with Gasteiger partial charge in [-0.2, -0.15) is 0 Å². The van der Waals surface area contributed by atoms with Crippen LogP contribution in [0.3, 0.4) is 0 Å². The second kappa shape index (κ2) is 4.91. The van der Waals surface area contributed by atoms with Crippen molar-refractivity contribution in [2.75, 3.05) is 17.6 Å². The first kappa shape index (κ1) is 13.1. The lowest BCUT2D eigenvalue weighted by Gasteiger charge is -2.19. The van der Waals surface area contributed by atoms with E-state index in [9.17, 15) is 4.39 Å². The third-order valence-electron chi connectivity index (χ3n) is 2.28. The van der Waals surface area contributed by atoms with Gasteiger partial charge in [-0.1, -0.05) is 32.4 Å². The lowest BCUT2D eigenvalue weighted by molar-refractivity contribution is 0.390. The van der Waals surface area contributed by atoms with Gasteiger partial charge in [0.2, 0.25) is 0 Å². The molecule has 0 heterocycles. The van der Waals surface area contributed by atoms with Gasteiger partial charge in [0, 0.05) is 12.6 Å². The highest BCUT2D eigenvalue weighted by Gasteiger charge is 2.10. The number of nitrogen functional groups attached to an aromatic ring is 1. The molecule has 0 saturated carbocycles. The van der Waals surface area contributed by atoms with Gasteiger partial charge in [0.25, 0.3) is 0 Å². The molecular weight excluding hydrogens is 227 g/mol. The highest BCUT2D eigenvalue weighted by Crippen LogP contribution is 2.27. The van der Waals surface area contributed by atoms with Gasteiger partial charge in [-0.25, -0.2) is 4.39 Å². The number of anilines is 2. The molecule has 0 saturated heterocycles. The maximum Gasteiger partial charge on any atom is 0.143 e. The Hall–Kier alpha value is -0.960. The Morgan fingerprint density at radius 3 is 2.56 bits per heavy atom. The molecule has 0 aliphatic carbocycles. The van der Waals surface area contributed by atoms with Crippen LogP contribution in [-0.4, -0.2) is 6.54 Å². The number of hydrogen-bond acceptors (Lipinski definition) is 2. The monoisotopic (exact) mass is 244 g/mol. The van der Waals surface area contributed by atoms with Crippen molar-refractivity contribution in [3.05, 3.63) is 23.0 Å². The van der Waals surface area contributed by atoms with E-state index in [1.807, 2.05) is 0 Å². The number of rotatable bonds is 3. The standard InChI is InChI=1S/C12H18ClFN2/c1-12(2,3)4-5-16-11-6-8(13)9(14)7-10(11)15/h6-7,16H,4-5,15H2,1-3H3. The zero-order chi connectivity index (χ0) is 12.3. The fourth-order valence-corrected chi connectivity index (χ4v) is 1.45. The largest absolute Gasteiger partial charge is 0.397 e. The molecule has 4 heteroatoms. The number of nitrogens with one attached hydrogen (secondary N) is 1. The van der Waals surface area contributed by atoms with Crippen molar-refractivity contribution in [1.82, 2.24) is 0 Å². The van der Waals surface area contributed by atoms with Gasteiger partial charge in [0.15, 0.2) is 0 Å². The van der Waals surface area contributed by atoms with Crippen molar-refractivity contribution in [3.8, 4) is 0 Å². The fraction of sp³-hybridized carbons (Fsp3) is 0.500. The predicted octanol–water partition coefficient (Wildman–Crippen LogP) is 3.91. The predicted molar refractivity (Wildman–Crippen MR) is 68.4 cm³/mol. The van der Waals surface area contributed by atoms with E-state index in [2.05, 4.69) is 26.1 Å². The van der Waals surface area contributed by atoms with Crippen molar-refractivity contribution in [2.45, 2.75) is 27.2 Å². The van der Waals surface area contributed by atoms with E-state index in [1.165, 1.54) is 12.1 Å². The average Bonchev–Trinajstić information content (AvgIpc) is 2.11.